The first-order valence-electron chi connectivity index (χ1n) is 10.9. The molecule has 0 bridgehead atoms. The third-order valence-electron chi connectivity index (χ3n) is 5.93. The van der Waals surface area contributed by atoms with Gasteiger partial charge in [-0.15, -0.1) is 0 Å². The molecular weight excluding hydrogens is 375 g/mol. The van der Waals surface area contributed by atoms with Gasteiger partial charge in [0.05, 0.1) is 12.5 Å². The third kappa shape index (κ3) is 9.99. The first-order chi connectivity index (χ1) is 13.6. The lowest BCUT2D eigenvalue weighted by molar-refractivity contribution is -0.141. The van der Waals surface area contributed by atoms with Crippen LogP contribution in [0.25, 0.3) is 0 Å². The average molecular weight is 416 g/mol. The summed E-state index contributed by atoms with van der Waals surface area (Å²) in [6, 6.07) is 0.275. The first kappa shape index (κ1) is 26.0. The minimum Gasteiger partial charge on any atom is -0.381 e. The van der Waals surface area contributed by atoms with Crippen molar-refractivity contribution in [2.45, 2.75) is 85.0 Å². The number of hydrogen-bond donors (Lipinski definition) is 0. The van der Waals surface area contributed by atoms with Crippen LogP contribution in [0.5, 0.6) is 0 Å². The largest absolute Gasteiger partial charge is 0.389 e. The Bertz CT molecular complexity index is 561. The standard InChI is InChI=1S/C24H40F3NO/c1-7-9-21(15-24(25,26)27)14-22-17-28(16-19(22)4)20(5)12-10-18(3)11-13-23(8-2)29-6/h7,9-10,12,18,20-21,23H,8,11,13-17H2,1-6H3/b9-7-,12-10-. The van der Waals surface area contributed by atoms with Gasteiger partial charge in [-0.3, -0.25) is 4.90 Å². The molecule has 0 N–H and O–H groups in total. The topological polar surface area (TPSA) is 12.5 Å². The highest BCUT2D eigenvalue weighted by Gasteiger charge is 2.32. The summed E-state index contributed by atoms with van der Waals surface area (Å²) in [5.41, 5.74) is 2.39. The molecule has 0 spiro atoms. The van der Waals surface area contributed by atoms with Crippen LogP contribution in [0.2, 0.25) is 0 Å². The van der Waals surface area contributed by atoms with E-state index < -0.39 is 18.5 Å². The summed E-state index contributed by atoms with van der Waals surface area (Å²) in [7, 11) is 1.77. The van der Waals surface area contributed by atoms with Crippen molar-refractivity contribution >= 4 is 0 Å². The Balaban J connectivity index is 2.57. The summed E-state index contributed by atoms with van der Waals surface area (Å²) in [6.07, 6.45) is 7.10. The average Bonchev–Trinajstić information content (AvgIpc) is 3.00. The molecule has 0 amide bonds. The molecule has 1 heterocycles. The Morgan fingerprint density at radius 1 is 1.10 bits per heavy atom. The second kappa shape index (κ2) is 12.6. The Labute approximate surface area is 175 Å². The molecule has 0 saturated carbocycles. The maximum absolute atomic E-state index is 12.9. The molecule has 5 heteroatoms. The normalized spacial score (nSPS) is 20.7. The number of methoxy groups -OCH3 is 1. The molecule has 168 valence electrons. The second-order valence-electron chi connectivity index (χ2n) is 8.54. The highest BCUT2D eigenvalue weighted by molar-refractivity contribution is 5.23. The van der Waals surface area contributed by atoms with Crippen molar-refractivity contribution < 1.29 is 17.9 Å². The highest BCUT2D eigenvalue weighted by atomic mass is 19.4. The van der Waals surface area contributed by atoms with Crippen molar-refractivity contribution in [2.75, 3.05) is 20.2 Å². The molecule has 0 aliphatic carbocycles. The number of ether oxygens (including phenoxy) is 1. The van der Waals surface area contributed by atoms with Gasteiger partial charge in [0.1, 0.15) is 0 Å². The fourth-order valence-corrected chi connectivity index (χ4v) is 3.98. The van der Waals surface area contributed by atoms with Crippen molar-refractivity contribution in [3.63, 3.8) is 0 Å². The molecule has 4 atom stereocenters. The molecule has 29 heavy (non-hydrogen) atoms. The highest BCUT2D eigenvalue weighted by Crippen LogP contribution is 2.32. The second-order valence-corrected chi connectivity index (χ2v) is 8.54. The zero-order chi connectivity index (χ0) is 22.0. The summed E-state index contributed by atoms with van der Waals surface area (Å²) in [6.45, 7) is 12.0. The molecular formula is C24H40F3NO. The van der Waals surface area contributed by atoms with Gasteiger partial charge >= 0.3 is 6.18 Å². The van der Waals surface area contributed by atoms with Crippen molar-refractivity contribution in [1.29, 1.82) is 0 Å². The molecule has 0 saturated heterocycles. The van der Waals surface area contributed by atoms with Gasteiger partial charge in [0.2, 0.25) is 0 Å². The van der Waals surface area contributed by atoms with E-state index in [0.717, 1.165) is 37.9 Å². The summed E-state index contributed by atoms with van der Waals surface area (Å²) in [4.78, 5) is 2.35. The van der Waals surface area contributed by atoms with Gasteiger partial charge in [-0.2, -0.15) is 13.2 Å². The van der Waals surface area contributed by atoms with Crippen LogP contribution in [0.4, 0.5) is 13.2 Å². The van der Waals surface area contributed by atoms with E-state index in [1.165, 1.54) is 5.57 Å². The molecule has 0 aromatic rings. The van der Waals surface area contributed by atoms with Gasteiger partial charge in [0.25, 0.3) is 0 Å². The van der Waals surface area contributed by atoms with E-state index in [0.29, 0.717) is 18.4 Å². The van der Waals surface area contributed by atoms with E-state index in [-0.39, 0.29) is 6.04 Å². The van der Waals surface area contributed by atoms with Crippen LogP contribution in [-0.4, -0.2) is 43.4 Å². The van der Waals surface area contributed by atoms with Crippen LogP contribution >= 0.6 is 0 Å². The quantitative estimate of drug-likeness (QED) is 0.320. The predicted octanol–water partition coefficient (Wildman–Crippen LogP) is 6.94. The van der Waals surface area contributed by atoms with Gasteiger partial charge in [-0.05, 0) is 58.3 Å². The van der Waals surface area contributed by atoms with E-state index >= 15 is 0 Å². The van der Waals surface area contributed by atoms with E-state index in [9.17, 15) is 13.2 Å². The molecule has 2 nitrogen and oxygen atoms in total. The molecule has 0 aromatic heterocycles. The van der Waals surface area contributed by atoms with E-state index in [2.05, 4.69) is 44.7 Å². The number of allylic oxidation sites excluding steroid dienone is 3. The molecule has 4 unspecified atom stereocenters. The van der Waals surface area contributed by atoms with Gasteiger partial charge in [-0.1, -0.05) is 49.3 Å². The lowest BCUT2D eigenvalue weighted by Crippen LogP contribution is -2.30. The van der Waals surface area contributed by atoms with E-state index in [1.807, 2.05) is 0 Å². The number of hydrogen-bond acceptors (Lipinski definition) is 2. The van der Waals surface area contributed by atoms with Crippen LogP contribution < -0.4 is 0 Å². The fourth-order valence-electron chi connectivity index (χ4n) is 3.98. The van der Waals surface area contributed by atoms with Crippen molar-refractivity contribution in [1.82, 2.24) is 4.90 Å². The van der Waals surface area contributed by atoms with Crippen LogP contribution in [0.15, 0.2) is 35.5 Å². The Morgan fingerprint density at radius 3 is 2.34 bits per heavy atom. The zero-order valence-electron chi connectivity index (χ0n) is 19.1. The third-order valence-corrected chi connectivity index (χ3v) is 5.93. The van der Waals surface area contributed by atoms with Crippen molar-refractivity contribution in [3.05, 3.63) is 35.5 Å². The Kier molecular flexibility index (Phi) is 11.3. The Hall–Kier alpha value is -1.07. The summed E-state index contributed by atoms with van der Waals surface area (Å²) >= 11 is 0. The van der Waals surface area contributed by atoms with Crippen LogP contribution in [0.3, 0.4) is 0 Å². The maximum Gasteiger partial charge on any atom is 0.389 e. The molecule has 0 radical (unpaired) electrons. The number of alkyl halides is 3. The van der Waals surface area contributed by atoms with Crippen LogP contribution in [0, 0.1) is 11.8 Å². The monoisotopic (exact) mass is 415 g/mol. The van der Waals surface area contributed by atoms with Crippen molar-refractivity contribution in [2.24, 2.45) is 11.8 Å². The SMILES string of the molecule is C/C=C\C(CC1=C(C)CN(C(C)/C=C\C(C)CCC(CC)OC)C1)CC(F)(F)F. The van der Waals surface area contributed by atoms with Crippen LogP contribution in [-0.2, 0) is 4.74 Å². The molecule has 1 rings (SSSR count). The molecule has 1 aliphatic heterocycles. The van der Waals surface area contributed by atoms with Gasteiger partial charge < -0.3 is 4.74 Å². The van der Waals surface area contributed by atoms with Crippen molar-refractivity contribution in [3.8, 4) is 0 Å². The first-order valence-corrected chi connectivity index (χ1v) is 10.9. The lowest BCUT2D eigenvalue weighted by Gasteiger charge is -2.23. The van der Waals surface area contributed by atoms with E-state index in [1.54, 1.807) is 26.2 Å². The van der Waals surface area contributed by atoms with E-state index in [4.69, 9.17) is 4.74 Å². The zero-order valence-corrected chi connectivity index (χ0v) is 19.1. The van der Waals surface area contributed by atoms with Gasteiger partial charge in [-0.25, -0.2) is 0 Å². The molecule has 0 fully saturated rings. The predicted molar refractivity (Wildman–Crippen MR) is 116 cm³/mol. The summed E-state index contributed by atoms with van der Waals surface area (Å²) in [5, 5.41) is 0. The number of halogens is 3. The molecule has 1 aliphatic rings. The fraction of sp³-hybridized carbons (Fsp3) is 0.750. The minimum atomic E-state index is -4.12. The smallest absolute Gasteiger partial charge is 0.381 e. The summed E-state index contributed by atoms with van der Waals surface area (Å²) < 4.78 is 44.0. The lowest BCUT2D eigenvalue weighted by atomic mass is 9.94. The number of nitrogens with zero attached hydrogens (tertiary/aromatic N) is 1. The Morgan fingerprint density at radius 2 is 1.79 bits per heavy atom. The number of rotatable bonds is 12. The maximum atomic E-state index is 12.9. The van der Waals surface area contributed by atoms with Crippen LogP contribution in [0.1, 0.15) is 66.7 Å². The van der Waals surface area contributed by atoms with Gasteiger partial charge in [0, 0.05) is 26.2 Å². The summed E-state index contributed by atoms with van der Waals surface area (Å²) in [5.74, 6) is 0.0201. The van der Waals surface area contributed by atoms with Gasteiger partial charge in [0.15, 0.2) is 0 Å². The minimum absolute atomic E-state index is 0.275. The molecule has 0 aromatic carbocycles.